The number of hydrogen-bond acceptors (Lipinski definition) is 4. The van der Waals surface area contributed by atoms with Crippen LogP contribution >= 0.6 is 0 Å². The standard InChI is InChI=1S/C11H10O5/c1-15-6-2-3-9-7(4-6)8(12)5-10(16-9)11(13)14/h2-4,10H,5H2,1H3,(H,13,14). The van der Waals surface area contributed by atoms with E-state index in [0.29, 0.717) is 17.1 Å². The normalized spacial score (nSPS) is 18.6. The molecule has 0 bridgehead atoms. The molecule has 16 heavy (non-hydrogen) atoms. The lowest BCUT2D eigenvalue weighted by Gasteiger charge is -2.22. The molecule has 0 saturated carbocycles. The number of ketones is 1. The molecule has 0 amide bonds. The number of ether oxygens (including phenoxy) is 2. The third kappa shape index (κ3) is 1.71. The van der Waals surface area contributed by atoms with E-state index in [9.17, 15) is 9.59 Å². The van der Waals surface area contributed by atoms with E-state index in [1.54, 1.807) is 18.2 Å². The van der Waals surface area contributed by atoms with Crippen LogP contribution in [0.25, 0.3) is 0 Å². The van der Waals surface area contributed by atoms with Crippen molar-refractivity contribution in [3.8, 4) is 11.5 Å². The summed E-state index contributed by atoms with van der Waals surface area (Å²) in [5.74, 6) is -0.531. The van der Waals surface area contributed by atoms with E-state index >= 15 is 0 Å². The van der Waals surface area contributed by atoms with Gasteiger partial charge in [-0.1, -0.05) is 0 Å². The van der Waals surface area contributed by atoms with Gasteiger partial charge >= 0.3 is 5.97 Å². The highest BCUT2D eigenvalue weighted by molar-refractivity contribution is 6.02. The van der Waals surface area contributed by atoms with E-state index in [2.05, 4.69) is 0 Å². The van der Waals surface area contributed by atoms with Crippen molar-refractivity contribution < 1.29 is 24.2 Å². The molecule has 1 unspecified atom stereocenters. The summed E-state index contributed by atoms with van der Waals surface area (Å²) < 4.78 is 10.2. The monoisotopic (exact) mass is 222 g/mol. The first-order valence-corrected chi connectivity index (χ1v) is 4.72. The van der Waals surface area contributed by atoms with Gasteiger partial charge in [-0.25, -0.2) is 4.79 Å². The second kappa shape index (κ2) is 3.84. The molecule has 1 aromatic rings. The van der Waals surface area contributed by atoms with Crippen molar-refractivity contribution in [2.24, 2.45) is 0 Å². The molecule has 0 saturated heterocycles. The van der Waals surface area contributed by atoms with Crippen LogP contribution in [0.15, 0.2) is 18.2 Å². The van der Waals surface area contributed by atoms with Gasteiger partial charge in [-0.05, 0) is 18.2 Å². The van der Waals surface area contributed by atoms with E-state index in [1.165, 1.54) is 7.11 Å². The fourth-order valence-corrected chi connectivity index (χ4v) is 1.57. The van der Waals surface area contributed by atoms with E-state index in [1.807, 2.05) is 0 Å². The van der Waals surface area contributed by atoms with E-state index in [-0.39, 0.29) is 12.2 Å². The molecule has 84 valence electrons. The Labute approximate surface area is 91.6 Å². The summed E-state index contributed by atoms with van der Waals surface area (Å²) >= 11 is 0. The van der Waals surface area contributed by atoms with Crippen molar-refractivity contribution in [1.82, 2.24) is 0 Å². The Bertz CT molecular complexity index is 452. The molecule has 0 radical (unpaired) electrons. The zero-order valence-corrected chi connectivity index (χ0v) is 8.60. The van der Waals surface area contributed by atoms with Gasteiger partial charge in [0.1, 0.15) is 11.5 Å². The first-order chi connectivity index (χ1) is 7.61. The Balaban J connectivity index is 2.38. The Kier molecular flexibility index (Phi) is 2.52. The molecule has 1 atom stereocenters. The number of carboxylic acids is 1. The van der Waals surface area contributed by atoms with E-state index in [0.717, 1.165) is 0 Å². The SMILES string of the molecule is COc1ccc2c(c1)C(=O)CC(C(=O)O)O2. The first-order valence-electron chi connectivity index (χ1n) is 4.72. The molecule has 0 fully saturated rings. The highest BCUT2D eigenvalue weighted by atomic mass is 16.5. The van der Waals surface area contributed by atoms with E-state index < -0.39 is 12.1 Å². The van der Waals surface area contributed by atoms with Crippen LogP contribution < -0.4 is 9.47 Å². The Morgan fingerprint density at radius 3 is 2.94 bits per heavy atom. The maximum atomic E-state index is 11.7. The van der Waals surface area contributed by atoms with Crippen molar-refractivity contribution in [2.75, 3.05) is 7.11 Å². The predicted octanol–water partition coefficient (Wildman–Crippen LogP) is 1.11. The fourth-order valence-electron chi connectivity index (χ4n) is 1.57. The van der Waals surface area contributed by atoms with Crippen molar-refractivity contribution in [1.29, 1.82) is 0 Å². The molecule has 1 aliphatic heterocycles. The molecule has 1 heterocycles. The molecular formula is C11H10O5. The van der Waals surface area contributed by atoms with Crippen molar-refractivity contribution in [3.05, 3.63) is 23.8 Å². The van der Waals surface area contributed by atoms with Gasteiger partial charge in [0.2, 0.25) is 6.10 Å². The van der Waals surface area contributed by atoms with Gasteiger partial charge < -0.3 is 14.6 Å². The minimum absolute atomic E-state index is 0.143. The number of carbonyl (C=O) groups is 2. The predicted molar refractivity (Wildman–Crippen MR) is 54.0 cm³/mol. The Hall–Kier alpha value is -2.04. The van der Waals surface area contributed by atoms with Crippen LogP contribution in [-0.4, -0.2) is 30.1 Å². The number of carbonyl (C=O) groups excluding carboxylic acids is 1. The van der Waals surface area contributed by atoms with Gasteiger partial charge in [0.05, 0.1) is 19.1 Å². The first kappa shape index (κ1) is 10.5. The molecule has 5 heteroatoms. The highest BCUT2D eigenvalue weighted by Crippen LogP contribution is 2.30. The van der Waals surface area contributed by atoms with Crippen LogP contribution in [0.2, 0.25) is 0 Å². The molecule has 0 spiro atoms. The average molecular weight is 222 g/mol. The molecule has 2 rings (SSSR count). The lowest BCUT2D eigenvalue weighted by Crippen LogP contribution is -2.33. The number of Topliss-reactive ketones (excluding diaryl/α,β-unsaturated/α-hetero) is 1. The highest BCUT2D eigenvalue weighted by Gasteiger charge is 2.31. The summed E-state index contributed by atoms with van der Waals surface area (Å²) in [5.41, 5.74) is 0.372. The lowest BCUT2D eigenvalue weighted by atomic mass is 10.0. The average Bonchev–Trinajstić information content (AvgIpc) is 2.28. The van der Waals surface area contributed by atoms with Crippen LogP contribution in [0.5, 0.6) is 11.5 Å². The van der Waals surface area contributed by atoms with Gasteiger partial charge in [-0.15, -0.1) is 0 Å². The summed E-state index contributed by atoms with van der Waals surface area (Å²) in [7, 11) is 1.50. The van der Waals surface area contributed by atoms with Crippen LogP contribution in [-0.2, 0) is 4.79 Å². The molecule has 1 N–H and O–H groups in total. The number of methoxy groups -OCH3 is 1. The number of fused-ring (bicyclic) bond motifs is 1. The van der Waals surface area contributed by atoms with Crippen LogP contribution in [0, 0.1) is 0 Å². The zero-order chi connectivity index (χ0) is 11.7. The number of rotatable bonds is 2. The lowest BCUT2D eigenvalue weighted by molar-refractivity contribution is -0.145. The second-order valence-corrected chi connectivity index (χ2v) is 3.43. The molecule has 5 nitrogen and oxygen atoms in total. The topological polar surface area (TPSA) is 72.8 Å². The third-order valence-corrected chi connectivity index (χ3v) is 2.40. The van der Waals surface area contributed by atoms with Crippen LogP contribution in [0.4, 0.5) is 0 Å². The smallest absolute Gasteiger partial charge is 0.345 e. The minimum atomic E-state index is -1.13. The summed E-state index contributed by atoms with van der Waals surface area (Å²) in [6.07, 6.45) is -1.23. The minimum Gasteiger partial charge on any atom is -0.497 e. The molecule has 0 aromatic heterocycles. The summed E-state index contributed by atoms with van der Waals surface area (Å²) in [5, 5.41) is 8.78. The van der Waals surface area contributed by atoms with Crippen LogP contribution in [0.1, 0.15) is 16.8 Å². The van der Waals surface area contributed by atoms with Crippen LogP contribution in [0.3, 0.4) is 0 Å². The molecular weight excluding hydrogens is 212 g/mol. The summed E-state index contributed by atoms with van der Waals surface area (Å²) in [4.78, 5) is 22.4. The van der Waals surface area contributed by atoms with Crippen molar-refractivity contribution >= 4 is 11.8 Å². The second-order valence-electron chi connectivity index (χ2n) is 3.43. The summed E-state index contributed by atoms with van der Waals surface area (Å²) in [6, 6.07) is 4.72. The number of carboxylic acid groups (broad SMARTS) is 1. The third-order valence-electron chi connectivity index (χ3n) is 2.40. The Morgan fingerprint density at radius 2 is 2.31 bits per heavy atom. The van der Waals surface area contributed by atoms with Gasteiger partial charge in [0.15, 0.2) is 5.78 Å². The molecule has 1 aliphatic rings. The number of benzene rings is 1. The maximum Gasteiger partial charge on any atom is 0.345 e. The number of hydrogen-bond donors (Lipinski definition) is 1. The summed E-state index contributed by atoms with van der Waals surface area (Å²) in [6.45, 7) is 0. The van der Waals surface area contributed by atoms with Crippen molar-refractivity contribution in [2.45, 2.75) is 12.5 Å². The Morgan fingerprint density at radius 1 is 1.56 bits per heavy atom. The molecule has 1 aromatic carbocycles. The quantitative estimate of drug-likeness (QED) is 0.811. The van der Waals surface area contributed by atoms with Gasteiger partial charge in [-0.3, -0.25) is 4.79 Å². The van der Waals surface area contributed by atoms with Gasteiger partial charge in [0, 0.05) is 0 Å². The fraction of sp³-hybridized carbons (Fsp3) is 0.273. The number of aliphatic carboxylic acids is 1. The van der Waals surface area contributed by atoms with Gasteiger partial charge in [0.25, 0.3) is 0 Å². The zero-order valence-electron chi connectivity index (χ0n) is 8.60. The van der Waals surface area contributed by atoms with E-state index in [4.69, 9.17) is 14.6 Å². The molecule has 0 aliphatic carbocycles. The maximum absolute atomic E-state index is 11.7. The largest absolute Gasteiger partial charge is 0.497 e. The van der Waals surface area contributed by atoms with Gasteiger partial charge in [-0.2, -0.15) is 0 Å². The van der Waals surface area contributed by atoms with Crippen molar-refractivity contribution in [3.63, 3.8) is 0 Å².